The molecule has 2 heterocycles. The molecule has 0 bridgehead atoms. The van der Waals surface area contributed by atoms with Gasteiger partial charge in [0.2, 0.25) is 0 Å². The summed E-state index contributed by atoms with van der Waals surface area (Å²) < 4.78 is 6.09. The van der Waals surface area contributed by atoms with Crippen LogP contribution in [-0.2, 0) is 6.54 Å². The third-order valence-electron chi connectivity index (χ3n) is 4.55. The van der Waals surface area contributed by atoms with Crippen molar-refractivity contribution in [3.63, 3.8) is 0 Å². The molecular formula is C18H21N3O5. The third kappa shape index (κ3) is 3.55. The van der Waals surface area contributed by atoms with Crippen LogP contribution in [0.1, 0.15) is 35.3 Å². The largest absolute Gasteiger partial charge is 0.497 e. The van der Waals surface area contributed by atoms with Crippen molar-refractivity contribution in [2.75, 3.05) is 20.2 Å². The Morgan fingerprint density at radius 2 is 1.96 bits per heavy atom. The minimum absolute atomic E-state index is 0.0850. The summed E-state index contributed by atoms with van der Waals surface area (Å²) in [5.74, 6) is -0.822. The van der Waals surface area contributed by atoms with Crippen molar-refractivity contribution in [1.29, 1.82) is 0 Å². The predicted molar refractivity (Wildman–Crippen MR) is 95.3 cm³/mol. The lowest BCUT2D eigenvalue weighted by atomic mass is 10.1. The predicted octanol–water partition coefficient (Wildman–Crippen LogP) is 1.22. The summed E-state index contributed by atoms with van der Waals surface area (Å²) in [5.41, 5.74) is -1.34. The number of aromatic nitrogens is 2. The molecule has 26 heavy (non-hydrogen) atoms. The molecule has 0 atom stereocenters. The van der Waals surface area contributed by atoms with Crippen LogP contribution in [0.2, 0.25) is 0 Å². The van der Waals surface area contributed by atoms with Gasteiger partial charge in [-0.25, -0.2) is 14.2 Å². The van der Waals surface area contributed by atoms with Crippen LogP contribution in [0.15, 0.2) is 33.9 Å². The monoisotopic (exact) mass is 359 g/mol. The first kappa shape index (κ1) is 17.9. The van der Waals surface area contributed by atoms with Crippen molar-refractivity contribution in [2.24, 2.45) is 0 Å². The second-order valence-corrected chi connectivity index (χ2v) is 6.27. The number of nitrogens with zero attached hydrogens (tertiary/aromatic N) is 2. The van der Waals surface area contributed by atoms with Gasteiger partial charge in [0.05, 0.1) is 18.4 Å². The highest BCUT2D eigenvalue weighted by Gasteiger charge is 2.22. The maximum atomic E-state index is 13.0. The van der Waals surface area contributed by atoms with E-state index in [2.05, 4.69) is 4.98 Å². The lowest BCUT2D eigenvalue weighted by molar-refractivity contribution is 0.0686. The first-order valence-electron chi connectivity index (χ1n) is 8.49. The molecule has 0 saturated carbocycles. The molecule has 1 aliphatic heterocycles. The summed E-state index contributed by atoms with van der Waals surface area (Å²) in [4.78, 5) is 41.4. The molecule has 8 nitrogen and oxygen atoms in total. The number of piperidine rings is 1. The van der Waals surface area contributed by atoms with Gasteiger partial charge in [0.1, 0.15) is 11.4 Å². The van der Waals surface area contributed by atoms with Crippen molar-refractivity contribution in [3.05, 3.63) is 56.4 Å². The molecule has 8 heteroatoms. The second-order valence-electron chi connectivity index (χ2n) is 6.27. The van der Waals surface area contributed by atoms with Crippen LogP contribution in [-0.4, -0.2) is 45.7 Å². The number of H-pyrrole nitrogens is 1. The smallest absolute Gasteiger partial charge is 0.352 e. The Kier molecular flexibility index (Phi) is 5.22. The van der Waals surface area contributed by atoms with Crippen molar-refractivity contribution in [3.8, 4) is 11.4 Å². The van der Waals surface area contributed by atoms with Gasteiger partial charge >= 0.3 is 11.7 Å². The van der Waals surface area contributed by atoms with E-state index in [0.717, 1.165) is 36.9 Å². The lowest BCUT2D eigenvalue weighted by Gasteiger charge is -2.26. The Bertz CT molecular complexity index is 925. The molecule has 1 fully saturated rings. The minimum atomic E-state index is -1.32. The van der Waals surface area contributed by atoms with Crippen LogP contribution in [0.3, 0.4) is 0 Å². The number of aromatic carboxylic acids is 1. The van der Waals surface area contributed by atoms with Crippen LogP contribution in [0, 0.1) is 0 Å². The fraction of sp³-hybridized carbons (Fsp3) is 0.389. The number of carboxylic acids is 1. The standard InChI is InChI=1S/C18H21N3O5/c1-26-13-7-5-6-12(10-13)21-16(22)14(11-20-8-3-2-4-9-20)15(17(23)24)19-18(21)25/h5-7,10H,2-4,8-9,11H2,1H3,(H,19,25)(H,23,24). The number of benzene rings is 1. The Morgan fingerprint density at radius 1 is 1.23 bits per heavy atom. The van der Waals surface area contributed by atoms with E-state index >= 15 is 0 Å². The molecule has 0 aliphatic carbocycles. The highest BCUT2D eigenvalue weighted by molar-refractivity contribution is 5.86. The SMILES string of the molecule is COc1cccc(-n2c(=O)[nH]c(C(=O)O)c(CN3CCCCC3)c2=O)c1. The summed E-state index contributed by atoms with van der Waals surface area (Å²) in [6, 6.07) is 6.52. The fourth-order valence-corrected chi connectivity index (χ4v) is 3.23. The maximum Gasteiger partial charge on any atom is 0.352 e. The van der Waals surface area contributed by atoms with Crippen LogP contribution >= 0.6 is 0 Å². The molecule has 0 amide bonds. The molecule has 1 aliphatic rings. The fourth-order valence-electron chi connectivity index (χ4n) is 3.23. The molecule has 138 valence electrons. The topological polar surface area (TPSA) is 105 Å². The first-order valence-corrected chi connectivity index (χ1v) is 8.49. The average Bonchev–Trinajstić information content (AvgIpc) is 2.64. The average molecular weight is 359 g/mol. The van der Waals surface area contributed by atoms with E-state index < -0.39 is 17.2 Å². The molecule has 0 radical (unpaired) electrons. The van der Waals surface area contributed by atoms with Crippen LogP contribution in [0.4, 0.5) is 0 Å². The summed E-state index contributed by atoms with van der Waals surface area (Å²) >= 11 is 0. The number of hydrogen-bond donors (Lipinski definition) is 2. The molecule has 0 unspecified atom stereocenters. The van der Waals surface area contributed by atoms with Crippen LogP contribution in [0.25, 0.3) is 5.69 Å². The Balaban J connectivity index is 2.13. The number of carboxylic acid groups (broad SMARTS) is 1. The van der Waals surface area contributed by atoms with Gasteiger partial charge in [-0.05, 0) is 38.1 Å². The van der Waals surface area contributed by atoms with Gasteiger partial charge in [-0.1, -0.05) is 12.5 Å². The highest BCUT2D eigenvalue weighted by Crippen LogP contribution is 2.16. The Morgan fingerprint density at radius 3 is 2.62 bits per heavy atom. The van der Waals surface area contributed by atoms with Crippen molar-refractivity contribution in [2.45, 2.75) is 25.8 Å². The van der Waals surface area contributed by atoms with E-state index in [9.17, 15) is 19.5 Å². The quantitative estimate of drug-likeness (QED) is 0.832. The zero-order chi connectivity index (χ0) is 18.7. The van der Waals surface area contributed by atoms with Crippen molar-refractivity contribution < 1.29 is 14.6 Å². The van der Waals surface area contributed by atoms with Gasteiger partial charge in [0.25, 0.3) is 5.56 Å². The first-order chi connectivity index (χ1) is 12.5. The molecule has 0 spiro atoms. The van der Waals surface area contributed by atoms with Gasteiger partial charge in [-0.2, -0.15) is 0 Å². The number of hydrogen-bond acceptors (Lipinski definition) is 5. The molecule has 2 aromatic rings. The lowest BCUT2D eigenvalue weighted by Crippen LogP contribution is -2.41. The molecule has 1 aromatic carbocycles. The van der Waals surface area contributed by atoms with E-state index in [0.29, 0.717) is 11.4 Å². The van der Waals surface area contributed by atoms with Gasteiger partial charge in [-0.3, -0.25) is 9.69 Å². The van der Waals surface area contributed by atoms with E-state index in [1.165, 1.54) is 7.11 Å². The molecule has 1 saturated heterocycles. The summed E-state index contributed by atoms with van der Waals surface area (Å²) in [5, 5.41) is 9.43. The van der Waals surface area contributed by atoms with E-state index in [-0.39, 0.29) is 17.8 Å². The van der Waals surface area contributed by atoms with Crippen LogP contribution < -0.4 is 16.0 Å². The van der Waals surface area contributed by atoms with Crippen molar-refractivity contribution in [1.82, 2.24) is 14.5 Å². The van der Waals surface area contributed by atoms with E-state index in [1.54, 1.807) is 24.3 Å². The number of carbonyl (C=O) groups is 1. The van der Waals surface area contributed by atoms with E-state index in [4.69, 9.17) is 4.74 Å². The normalized spacial score (nSPS) is 15.0. The molecule has 2 N–H and O–H groups in total. The zero-order valence-corrected chi connectivity index (χ0v) is 14.5. The zero-order valence-electron chi connectivity index (χ0n) is 14.5. The van der Waals surface area contributed by atoms with Gasteiger partial charge in [0, 0.05) is 12.6 Å². The summed E-state index contributed by atoms with van der Waals surface area (Å²) in [6.45, 7) is 1.80. The molecule has 1 aromatic heterocycles. The Labute approximate surface area is 149 Å². The summed E-state index contributed by atoms with van der Waals surface area (Å²) in [6.07, 6.45) is 3.15. The molecular weight excluding hydrogens is 338 g/mol. The molecule has 3 rings (SSSR count). The van der Waals surface area contributed by atoms with Crippen LogP contribution in [0.5, 0.6) is 5.75 Å². The number of rotatable bonds is 5. The minimum Gasteiger partial charge on any atom is -0.497 e. The third-order valence-corrected chi connectivity index (χ3v) is 4.55. The van der Waals surface area contributed by atoms with Gasteiger partial charge in [-0.15, -0.1) is 0 Å². The van der Waals surface area contributed by atoms with Crippen molar-refractivity contribution >= 4 is 5.97 Å². The number of methoxy groups -OCH3 is 1. The number of nitrogens with one attached hydrogen (secondary N) is 1. The van der Waals surface area contributed by atoms with Gasteiger partial charge < -0.3 is 14.8 Å². The second kappa shape index (κ2) is 7.57. The van der Waals surface area contributed by atoms with E-state index in [1.807, 2.05) is 4.90 Å². The summed E-state index contributed by atoms with van der Waals surface area (Å²) in [7, 11) is 1.49. The maximum absolute atomic E-state index is 13.0. The highest BCUT2D eigenvalue weighted by atomic mass is 16.5. The number of likely N-dealkylation sites (tertiary alicyclic amines) is 1. The number of ether oxygens (including phenoxy) is 1. The van der Waals surface area contributed by atoms with Gasteiger partial charge in [0.15, 0.2) is 0 Å². The number of aromatic amines is 1. The Hall–Kier alpha value is -2.87.